The zero-order chi connectivity index (χ0) is 22.3. The smallest absolute Gasteiger partial charge is 0.276 e. The van der Waals surface area contributed by atoms with Crippen molar-refractivity contribution in [2.75, 3.05) is 12.4 Å². The Kier molecular flexibility index (Phi) is 5.97. The van der Waals surface area contributed by atoms with Crippen LogP contribution in [0.5, 0.6) is 5.75 Å². The first-order valence-corrected chi connectivity index (χ1v) is 11.5. The third-order valence-corrected chi connectivity index (χ3v) is 6.34. The van der Waals surface area contributed by atoms with Crippen LogP contribution >= 0.6 is 0 Å². The molecule has 2 aromatic rings. The maximum Gasteiger partial charge on any atom is 0.276 e. The summed E-state index contributed by atoms with van der Waals surface area (Å²) >= 11 is 0. The van der Waals surface area contributed by atoms with E-state index >= 15 is 0 Å². The first-order chi connectivity index (χ1) is 13.9. The predicted molar refractivity (Wildman–Crippen MR) is 116 cm³/mol. The average Bonchev–Trinajstić information content (AvgIpc) is 3.31. The maximum atomic E-state index is 12.9. The standard InChI is InChI=1S/C21H30N4O4S/c1-13(2)18-12-17(23-25(18)21(3,4)5)20(26)22-16-11-15(9-10-19(16)29-6)30(27,28)24-14-7-8-14/h9-14,24H,7-8H2,1-6H3,(H,22,26). The molecule has 1 heterocycles. The minimum Gasteiger partial charge on any atom is -0.495 e. The number of ether oxygens (including phenoxy) is 1. The molecule has 1 aliphatic rings. The van der Waals surface area contributed by atoms with Gasteiger partial charge in [0, 0.05) is 11.7 Å². The lowest BCUT2D eigenvalue weighted by molar-refractivity contribution is 0.102. The van der Waals surface area contributed by atoms with Crippen LogP contribution in [0, 0.1) is 0 Å². The number of anilines is 1. The number of nitrogens with one attached hydrogen (secondary N) is 2. The van der Waals surface area contributed by atoms with Crippen LogP contribution in [-0.4, -0.2) is 37.3 Å². The van der Waals surface area contributed by atoms with Gasteiger partial charge in [0.2, 0.25) is 10.0 Å². The highest BCUT2D eigenvalue weighted by molar-refractivity contribution is 7.89. The summed E-state index contributed by atoms with van der Waals surface area (Å²) in [6.07, 6.45) is 1.68. The molecule has 1 aromatic carbocycles. The number of amides is 1. The molecule has 30 heavy (non-hydrogen) atoms. The normalized spacial score (nSPS) is 14.8. The second kappa shape index (κ2) is 8.03. The molecule has 0 spiro atoms. The Bertz CT molecular complexity index is 1050. The van der Waals surface area contributed by atoms with E-state index in [-0.39, 0.29) is 33.8 Å². The third-order valence-electron chi connectivity index (χ3n) is 4.83. The van der Waals surface area contributed by atoms with Crippen molar-refractivity contribution in [3.05, 3.63) is 35.7 Å². The van der Waals surface area contributed by atoms with Gasteiger partial charge in [-0.25, -0.2) is 13.1 Å². The van der Waals surface area contributed by atoms with Crippen LogP contribution in [0.4, 0.5) is 5.69 Å². The van der Waals surface area contributed by atoms with E-state index in [1.54, 1.807) is 6.07 Å². The second-order valence-electron chi connectivity index (χ2n) is 8.90. The van der Waals surface area contributed by atoms with Crippen molar-refractivity contribution in [3.8, 4) is 5.75 Å². The molecule has 0 atom stereocenters. The number of sulfonamides is 1. The number of aromatic nitrogens is 2. The summed E-state index contributed by atoms with van der Waals surface area (Å²) in [5.41, 5.74) is 1.21. The van der Waals surface area contributed by atoms with E-state index in [0.717, 1.165) is 18.5 Å². The monoisotopic (exact) mass is 434 g/mol. The quantitative estimate of drug-likeness (QED) is 0.695. The van der Waals surface area contributed by atoms with Gasteiger partial charge in [-0.05, 0) is 63.8 Å². The average molecular weight is 435 g/mol. The molecular formula is C21H30N4O4S. The summed E-state index contributed by atoms with van der Waals surface area (Å²) in [4.78, 5) is 13.0. The van der Waals surface area contributed by atoms with E-state index in [1.807, 2.05) is 39.3 Å². The van der Waals surface area contributed by atoms with Crippen molar-refractivity contribution in [1.82, 2.24) is 14.5 Å². The number of hydrogen-bond acceptors (Lipinski definition) is 5. The molecule has 0 aliphatic heterocycles. The minimum atomic E-state index is -3.65. The highest BCUT2D eigenvalue weighted by Crippen LogP contribution is 2.30. The van der Waals surface area contributed by atoms with Crippen LogP contribution in [0.25, 0.3) is 0 Å². The number of benzene rings is 1. The van der Waals surface area contributed by atoms with Crippen molar-refractivity contribution in [3.63, 3.8) is 0 Å². The summed E-state index contributed by atoms with van der Waals surface area (Å²) in [7, 11) is -2.19. The van der Waals surface area contributed by atoms with E-state index in [2.05, 4.69) is 15.1 Å². The first-order valence-electron chi connectivity index (χ1n) is 10.0. The molecule has 9 heteroatoms. The molecule has 164 valence electrons. The van der Waals surface area contributed by atoms with Gasteiger partial charge in [0.25, 0.3) is 5.91 Å². The Morgan fingerprint density at radius 1 is 1.23 bits per heavy atom. The number of methoxy groups -OCH3 is 1. The van der Waals surface area contributed by atoms with Crippen molar-refractivity contribution >= 4 is 21.6 Å². The SMILES string of the molecule is COc1ccc(S(=O)(=O)NC2CC2)cc1NC(=O)c1cc(C(C)C)n(C(C)(C)C)n1. The Hall–Kier alpha value is -2.39. The summed E-state index contributed by atoms with van der Waals surface area (Å²) in [5.74, 6) is 0.130. The molecule has 2 N–H and O–H groups in total. The molecule has 3 rings (SSSR count). The highest BCUT2D eigenvalue weighted by atomic mass is 32.2. The van der Waals surface area contributed by atoms with Crippen LogP contribution in [0.1, 0.15) is 69.6 Å². The van der Waals surface area contributed by atoms with Crippen LogP contribution in [0.2, 0.25) is 0 Å². The van der Waals surface area contributed by atoms with E-state index in [0.29, 0.717) is 5.75 Å². The van der Waals surface area contributed by atoms with Gasteiger partial charge in [0.15, 0.2) is 5.69 Å². The van der Waals surface area contributed by atoms with Gasteiger partial charge in [-0.15, -0.1) is 0 Å². The number of carbonyl (C=O) groups excluding carboxylic acids is 1. The van der Waals surface area contributed by atoms with Gasteiger partial charge in [0.05, 0.1) is 23.2 Å². The molecule has 1 aromatic heterocycles. The van der Waals surface area contributed by atoms with Crippen molar-refractivity contribution in [1.29, 1.82) is 0 Å². The van der Waals surface area contributed by atoms with E-state index in [9.17, 15) is 13.2 Å². The third kappa shape index (κ3) is 4.84. The molecular weight excluding hydrogens is 404 g/mol. The molecule has 1 fully saturated rings. The Morgan fingerprint density at radius 2 is 1.90 bits per heavy atom. The van der Waals surface area contributed by atoms with Gasteiger partial charge in [-0.3, -0.25) is 9.48 Å². The molecule has 1 amide bonds. The highest BCUT2D eigenvalue weighted by Gasteiger charge is 2.29. The van der Waals surface area contributed by atoms with Gasteiger partial charge in [0.1, 0.15) is 5.75 Å². The zero-order valence-electron chi connectivity index (χ0n) is 18.3. The molecule has 1 aliphatic carbocycles. The van der Waals surface area contributed by atoms with Crippen molar-refractivity contribution < 1.29 is 17.9 Å². The zero-order valence-corrected chi connectivity index (χ0v) is 19.1. The molecule has 8 nitrogen and oxygen atoms in total. The first kappa shape index (κ1) is 22.3. The van der Waals surface area contributed by atoms with E-state index in [4.69, 9.17) is 4.74 Å². The largest absolute Gasteiger partial charge is 0.495 e. The fourth-order valence-corrected chi connectivity index (χ4v) is 4.41. The van der Waals surface area contributed by atoms with Gasteiger partial charge >= 0.3 is 0 Å². The van der Waals surface area contributed by atoms with E-state index < -0.39 is 15.9 Å². The summed E-state index contributed by atoms with van der Waals surface area (Å²) < 4.78 is 34.9. The lowest BCUT2D eigenvalue weighted by atomic mass is 10.1. The molecule has 0 radical (unpaired) electrons. The summed E-state index contributed by atoms with van der Waals surface area (Å²) in [5, 5.41) is 7.26. The van der Waals surface area contributed by atoms with Crippen molar-refractivity contribution in [2.24, 2.45) is 0 Å². The van der Waals surface area contributed by atoms with Crippen LogP contribution in [-0.2, 0) is 15.6 Å². The van der Waals surface area contributed by atoms with Gasteiger partial charge < -0.3 is 10.1 Å². The van der Waals surface area contributed by atoms with Crippen LogP contribution in [0.3, 0.4) is 0 Å². The Labute approximate surface area is 178 Å². The summed E-state index contributed by atoms with van der Waals surface area (Å²) in [6, 6.07) is 6.17. The topological polar surface area (TPSA) is 102 Å². The van der Waals surface area contributed by atoms with Gasteiger partial charge in [-0.2, -0.15) is 5.10 Å². The van der Waals surface area contributed by atoms with Crippen LogP contribution < -0.4 is 14.8 Å². The van der Waals surface area contributed by atoms with Crippen molar-refractivity contribution in [2.45, 2.75) is 69.9 Å². The molecule has 0 saturated heterocycles. The predicted octanol–water partition coefficient (Wildman–Crippen LogP) is 3.46. The molecule has 0 unspecified atom stereocenters. The lowest BCUT2D eigenvalue weighted by Crippen LogP contribution is -2.26. The fraction of sp³-hybridized carbons (Fsp3) is 0.524. The van der Waals surface area contributed by atoms with Gasteiger partial charge in [-0.1, -0.05) is 13.8 Å². The maximum absolute atomic E-state index is 12.9. The van der Waals surface area contributed by atoms with Crippen LogP contribution in [0.15, 0.2) is 29.2 Å². The number of nitrogens with zero attached hydrogens (tertiary/aromatic N) is 2. The van der Waals surface area contributed by atoms with E-state index in [1.165, 1.54) is 25.3 Å². The lowest BCUT2D eigenvalue weighted by Gasteiger charge is -2.23. The number of carbonyl (C=O) groups is 1. The minimum absolute atomic E-state index is 0.00837. The fourth-order valence-electron chi connectivity index (χ4n) is 3.08. The molecule has 1 saturated carbocycles. The number of rotatable bonds is 7. The Balaban J connectivity index is 1.92. The molecule has 0 bridgehead atoms. The second-order valence-corrected chi connectivity index (χ2v) is 10.6. The Morgan fingerprint density at radius 3 is 2.40 bits per heavy atom. The summed E-state index contributed by atoms with van der Waals surface area (Å²) in [6.45, 7) is 10.2. The number of hydrogen-bond donors (Lipinski definition) is 2.